The number of fused-ring (bicyclic) bond motifs is 1. The van der Waals surface area contributed by atoms with Crippen LogP contribution in [-0.4, -0.2) is 104 Å². The zero-order chi connectivity index (χ0) is 20.9. The summed E-state index contributed by atoms with van der Waals surface area (Å²) in [6.45, 7) is 9.60. The van der Waals surface area contributed by atoms with E-state index >= 15 is 0 Å². The topological polar surface area (TPSA) is 74.8 Å². The van der Waals surface area contributed by atoms with E-state index in [0.29, 0.717) is 46.1 Å². The van der Waals surface area contributed by atoms with Crippen molar-refractivity contribution < 1.29 is 23.8 Å². The second kappa shape index (κ2) is 9.53. The smallest absolute Gasteiger partial charge is 0.409 e. The van der Waals surface area contributed by atoms with E-state index in [1.165, 1.54) is 5.56 Å². The van der Waals surface area contributed by atoms with E-state index in [0.717, 1.165) is 44.2 Å². The van der Waals surface area contributed by atoms with Crippen molar-refractivity contribution in [1.82, 2.24) is 19.6 Å². The van der Waals surface area contributed by atoms with Crippen LogP contribution in [0.2, 0.25) is 0 Å². The molecule has 0 spiro atoms. The molecule has 3 aliphatic heterocycles. The van der Waals surface area contributed by atoms with E-state index in [1.807, 2.05) is 17.0 Å². The lowest BCUT2D eigenvalue weighted by molar-refractivity contribution is -0.134. The van der Waals surface area contributed by atoms with Crippen LogP contribution in [0.1, 0.15) is 12.5 Å². The van der Waals surface area contributed by atoms with Gasteiger partial charge in [-0.2, -0.15) is 0 Å². The quantitative estimate of drug-likeness (QED) is 0.701. The third-order valence-electron chi connectivity index (χ3n) is 5.83. The fourth-order valence-corrected chi connectivity index (χ4v) is 4.05. The Hall–Kier alpha value is -2.52. The SMILES string of the molecule is CCOC(=O)N1CCN(C(=O)CN2CCN(Cc3ccc4c(c3)OCO4)CC2)CC1. The number of rotatable bonds is 5. The minimum absolute atomic E-state index is 0.141. The van der Waals surface area contributed by atoms with E-state index < -0.39 is 0 Å². The Bertz CT molecular complexity index is 758. The summed E-state index contributed by atoms with van der Waals surface area (Å²) in [6.07, 6.45) is -0.289. The Labute approximate surface area is 177 Å². The predicted octanol–water partition coefficient (Wildman–Crippen LogP) is 0.834. The number of ether oxygens (including phenoxy) is 3. The highest BCUT2D eigenvalue weighted by molar-refractivity contribution is 5.78. The lowest BCUT2D eigenvalue weighted by atomic mass is 10.1. The number of hydrogen-bond acceptors (Lipinski definition) is 7. The molecule has 4 rings (SSSR count). The third kappa shape index (κ3) is 4.96. The van der Waals surface area contributed by atoms with Gasteiger partial charge in [0.2, 0.25) is 12.7 Å². The molecule has 0 aromatic heterocycles. The molecule has 1 aromatic rings. The maximum Gasteiger partial charge on any atom is 0.409 e. The molecular weight excluding hydrogens is 388 g/mol. The number of carbonyl (C=O) groups is 2. The Morgan fingerprint density at radius 1 is 0.900 bits per heavy atom. The van der Waals surface area contributed by atoms with Crippen LogP contribution in [0.3, 0.4) is 0 Å². The largest absolute Gasteiger partial charge is 0.454 e. The summed E-state index contributed by atoms with van der Waals surface area (Å²) in [7, 11) is 0. The van der Waals surface area contributed by atoms with Crippen molar-refractivity contribution in [2.75, 3.05) is 72.3 Å². The number of benzene rings is 1. The van der Waals surface area contributed by atoms with Gasteiger partial charge >= 0.3 is 6.09 Å². The first kappa shape index (κ1) is 20.7. The van der Waals surface area contributed by atoms with Crippen molar-refractivity contribution in [3.63, 3.8) is 0 Å². The van der Waals surface area contributed by atoms with Gasteiger partial charge in [-0.1, -0.05) is 6.07 Å². The van der Waals surface area contributed by atoms with E-state index in [2.05, 4.69) is 15.9 Å². The highest BCUT2D eigenvalue weighted by Gasteiger charge is 2.27. The molecule has 3 aliphatic rings. The molecule has 0 aliphatic carbocycles. The number of piperazine rings is 2. The maximum atomic E-state index is 12.7. The highest BCUT2D eigenvalue weighted by atomic mass is 16.7. The summed E-state index contributed by atoms with van der Waals surface area (Å²) in [5.41, 5.74) is 1.21. The molecule has 1 aromatic carbocycles. The van der Waals surface area contributed by atoms with Crippen LogP contribution in [0.15, 0.2) is 18.2 Å². The summed E-state index contributed by atoms with van der Waals surface area (Å²) >= 11 is 0. The van der Waals surface area contributed by atoms with Crippen LogP contribution in [0.5, 0.6) is 11.5 Å². The summed E-state index contributed by atoms with van der Waals surface area (Å²) in [5.74, 6) is 1.77. The first-order chi connectivity index (χ1) is 14.6. The summed E-state index contributed by atoms with van der Waals surface area (Å²) < 4.78 is 15.9. The molecule has 0 unspecified atom stereocenters. The van der Waals surface area contributed by atoms with Crippen LogP contribution < -0.4 is 9.47 Å². The number of nitrogens with zero attached hydrogens (tertiary/aromatic N) is 4. The number of amides is 2. The minimum Gasteiger partial charge on any atom is -0.454 e. The first-order valence-electron chi connectivity index (χ1n) is 10.6. The van der Waals surface area contributed by atoms with Gasteiger partial charge in [-0.15, -0.1) is 0 Å². The lowest BCUT2D eigenvalue weighted by Crippen LogP contribution is -2.54. The average molecular weight is 418 g/mol. The van der Waals surface area contributed by atoms with Crippen molar-refractivity contribution in [3.05, 3.63) is 23.8 Å². The van der Waals surface area contributed by atoms with Crippen LogP contribution >= 0.6 is 0 Å². The Kier molecular flexibility index (Phi) is 6.59. The monoisotopic (exact) mass is 418 g/mol. The van der Waals surface area contributed by atoms with Gasteiger partial charge in [0.1, 0.15) is 0 Å². The van der Waals surface area contributed by atoms with E-state index in [1.54, 1.807) is 11.8 Å². The lowest BCUT2D eigenvalue weighted by Gasteiger charge is -2.37. The Morgan fingerprint density at radius 2 is 1.57 bits per heavy atom. The molecule has 2 saturated heterocycles. The van der Waals surface area contributed by atoms with Gasteiger partial charge in [0, 0.05) is 58.9 Å². The van der Waals surface area contributed by atoms with Gasteiger partial charge in [0.05, 0.1) is 13.2 Å². The zero-order valence-corrected chi connectivity index (χ0v) is 17.5. The van der Waals surface area contributed by atoms with Crippen molar-refractivity contribution in [2.45, 2.75) is 13.5 Å². The van der Waals surface area contributed by atoms with Crippen molar-refractivity contribution in [3.8, 4) is 11.5 Å². The van der Waals surface area contributed by atoms with Crippen molar-refractivity contribution in [1.29, 1.82) is 0 Å². The van der Waals surface area contributed by atoms with Crippen LogP contribution in [0, 0.1) is 0 Å². The zero-order valence-electron chi connectivity index (χ0n) is 17.5. The van der Waals surface area contributed by atoms with Gasteiger partial charge in [0.15, 0.2) is 11.5 Å². The van der Waals surface area contributed by atoms with Gasteiger partial charge in [-0.05, 0) is 24.6 Å². The van der Waals surface area contributed by atoms with Crippen molar-refractivity contribution in [2.24, 2.45) is 0 Å². The fourth-order valence-electron chi connectivity index (χ4n) is 4.05. The molecule has 0 radical (unpaired) electrons. The first-order valence-corrected chi connectivity index (χ1v) is 10.6. The van der Waals surface area contributed by atoms with Gasteiger partial charge in [0.25, 0.3) is 0 Å². The standard InChI is InChI=1S/C21H30N4O5/c1-2-28-21(27)25-11-9-24(10-12-25)20(26)15-23-7-5-22(6-8-23)14-17-3-4-18-19(13-17)30-16-29-18/h3-4,13H,2,5-12,14-16H2,1H3. The summed E-state index contributed by atoms with van der Waals surface area (Å²) in [6, 6.07) is 6.10. The van der Waals surface area contributed by atoms with Crippen LogP contribution in [0.25, 0.3) is 0 Å². The molecule has 0 atom stereocenters. The molecule has 30 heavy (non-hydrogen) atoms. The van der Waals surface area contributed by atoms with Crippen LogP contribution in [0.4, 0.5) is 4.79 Å². The summed E-state index contributed by atoms with van der Waals surface area (Å²) in [5, 5.41) is 0. The molecule has 9 nitrogen and oxygen atoms in total. The Morgan fingerprint density at radius 3 is 2.30 bits per heavy atom. The number of hydrogen-bond donors (Lipinski definition) is 0. The molecule has 9 heteroatoms. The average Bonchev–Trinajstić information content (AvgIpc) is 3.23. The fraction of sp³-hybridized carbons (Fsp3) is 0.619. The van der Waals surface area contributed by atoms with Gasteiger partial charge in [-0.25, -0.2) is 4.79 Å². The second-order valence-electron chi connectivity index (χ2n) is 7.81. The molecule has 2 fully saturated rings. The minimum atomic E-state index is -0.289. The van der Waals surface area contributed by atoms with Gasteiger partial charge in [-0.3, -0.25) is 14.6 Å². The third-order valence-corrected chi connectivity index (χ3v) is 5.83. The maximum absolute atomic E-state index is 12.7. The molecular formula is C21H30N4O5. The van der Waals surface area contributed by atoms with Crippen molar-refractivity contribution >= 4 is 12.0 Å². The van der Waals surface area contributed by atoms with E-state index in [-0.39, 0.29) is 12.0 Å². The van der Waals surface area contributed by atoms with Crippen LogP contribution in [-0.2, 0) is 16.1 Å². The van der Waals surface area contributed by atoms with E-state index in [9.17, 15) is 9.59 Å². The molecule has 0 bridgehead atoms. The number of carbonyl (C=O) groups excluding carboxylic acids is 2. The molecule has 164 valence electrons. The summed E-state index contributed by atoms with van der Waals surface area (Å²) in [4.78, 5) is 32.6. The highest BCUT2D eigenvalue weighted by Crippen LogP contribution is 2.32. The molecule has 0 saturated carbocycles. The molecule has 0 N–H and O–H groups in total. The predicted molar refractivity (Wildman–Crippen MR) is 109 cm³/mol. The van der Waals surface area contributed by atoms with Gasteiger partial charge < -0.3 is 24.0 Å². The molecule has 3 heterocycles. The molecule has 2 amide bonds. The Balaban J connectivity index is 1.18. The normalized spacial score (nSPS) is 19.8. The second-order valence-corrected chi connectivity index (χ2v) is 7.81. The van der Waals surface area contributed by atoms with E-state index in [4.69, 9.17) is 14.2 Å².